The van der Waals surface area contributed by atoms with Gasteiger partial charge in [0.1, 0.15) is 0 Å². The summed E-state index contributed by atoms with van der Waals surface area (Å²) in [5.41, 5.74) is 1.75. The molecule has 2 aliphatic rings. The third kappa shape index (κ3) is 5.32. The molecular formula is C20H35ClN2O. The van der Waals surface area contributed by atoms with E-state index in [0.717, 1.165) is 26.1 Å². The Morgan fingerprint density at radius 1 is 1.42 bits per heavy atom. The van der Waals surface area contributed by atoms with Crippen LogP contribution in [-0.2, 0) is 0 Å². The lowest BCUT2D eigenvalue weighted by molar-refractivity contribution is 0.0626. The van der Waals surface area contributed by atoms with Crippen LogP contribution in [0.1, 0.15) is 40.5 Å². The first-order valence-electron chi connectivity index (χ1n) is 9.42. The third-order valence-electron chi connectivity index (χ3n) is 5.56. The minimum Gasteiger partial charge on any atom is -0.395 e. The van der Waals surface area contributed by atoms with Crippen LogP contribution in [0.2, 0.25) is 0 Å². The minimum atomic E-state index is 0.168. The molecule has 2 rings (SSSR count). The first kappa shape index (κ1) is 20.0. The Kier molecular flexibility index (Phi) is 7.36. The maximum absolute atomic E-state index is 9.09. The van der Waals surface area contributed by atoms with Gasteiger partial charge in [0.25, 0.3) is 0 Å². The van der Waals surface area contributed by atoms with Crippen LogP contribution in [0.15, 0.2) is 23.8 Å². The zero-order chi connectivity index (χ0) is 17.7. The van der Waals surface area contributed by atoms with Crippen LogP contribution in [-0.4, -0.2) is 54.2 Å². The SMILES string of the molecule is CC(C)[C@H](CN1CCC(C2=CCC(Cl)C=C2)C(C)(C)C1)NCCO. The summed E-state index contributed by atoms with van der Waals surface area (Å²) < 4.78 is 0. The molecule has 0 radical (unpaired) electrons. The van der Waals surface area contributed by atoms with E-state index in [1.165, 1.54) is 12.0 Å². The Morgan fingerprint density at radius 2 is 2.17 bits per heavy atom. The molecular weight excluding hydrogens is 320 g/mol. The van der Waals surface area contributed by atoms with E-state index in [9.17, 15) is 0 Å². The standard InChI is InChI=1S/C20H35ClN2O/c1-15(2)19(22-10-12-24)13-23-11-9-18(20(3,4)14-23)16-5-7-17(21)8-6-16/h5-7,15,17-19,22,24H,8-14H2,1-4H3/t17?,18?,19-/m0/s1. The van der Waals surface area contributed by atoms with Crippen LogP contribution in [0.25, 0.3) is 0 Å². The summed E-state index contributed by atoms with van der Waals surface area (Å²) in [6.45, 7) is 13.5. The lowest BCUT2D eigenvalue weighted by Crippen LogP contribution is -2.52. The molecule has 0 amide bonds. The number of allylic oxidation sites excluding steroid dienone is 4. The number of hydrogen-bond acceptors (Lipinski definition) is 3. The van der Waals surface area contributed by atoms with E-state index in [1.807, 2.05) is 0 Å². The molecule has 2 N–H and O–H groups in total. The number of aliphatic hydroxyl groups excluding tert-OH is 1. The van der Waals surface area contributed by atoms with E-state index in [4.69, 9.17) is 16.7 Å². The topological polar surface area (TPSA) is 35.5 Å². The molecule has 0 aromatic rings. The van der Waals surface area contributed by atoms with Crippen molar-refractivity contribution in [1.82, 2.24) is 10.2 Å². The number of piperidine rings is 1. The molecule has 24 heavy (non-hydrogen) atoms. The van der Waals surface area contributed by atoms with Crippen LogP contribution in [0.5, 0.6) is 0 Å². The number of nitrogens with one attached hydrogen (secondary N) is 1. The Labute approximate surface area is 153 Å². The Bertz CT molecular complexity index is 459. The highest BCUT2D eigenvalue weighted by atomic mass is 35.5. The number of likely N-dealkylation sites (tertiary alicyclic amines) is 1. The summed E-state index contributed by atoms with van der Waals surface area (Å²) >= 11 is 6.18. The average Bonchev–Trinajstić information content (AvgIpc) is 2.51. The van der Waals surface area contributed by atoms with E-state index in [-0.39, 0.29) is 17.4 Å². The van der Waals surface area contributed by atoms with Gasteiger partial charge < -0.3 is 15.3 Å². The van der Waals surface area contributed by atoms with Gasteiger partial charge in [0.15, 0.2) is 0 Å². The fraction of sp³-hybridized carbons (Fsp3) is 0.800. The fourth-order valence-corrected chi connectivity index (χ4v) is 4.31. The highest BCUT2D eigenvalue weighted by Gasteiger charge is 2.38. The molecule has 0 aromatic carbocycles. The number of nitrogens with zero attached hydrogens (tertiary/aromatic N) is 1. The van der Waals surface area contributed by atoms with Crippen LogP contribution in [0.3, 0.4) is 0 Å². The van der Waals surface area contributed by atoms with Crippen LogP contribution < -0.4 is 5.32 Å². The van der Waals surface area contributed by atoms with Gasteiger partial charge in [-0.25, -0.2) is 0 Å². The molecule has 0 spiro atoms. The molecule has 1 heterocycles. The summed E-state index contributed by atoms with van der Waals surface area (Å²) in [4.78, 5) is 2.60. The van der Waals surface area contributed by atoms with Gasteiger partial charge in [-0.15, -0.1) is 11.6 Å². The van der Waals surface area contributed by atoms with Crippen molar-refractivity contribution in [2.75, 3.05) is 32.8 Å². The summed E-state index contributed by atoms with van der Waals surface area (Å²) in [6.07, 6.45) is 8.92. The molecule has 2 unspecified atom stereocenters. The second kappa shape index (κ2) is 8.84. The molecule has 1 aliphatic carbocycles. The van der Waals surface area contributed by atoms with Crippen LogP contribution in [0.4, 0.5) is 0 Å². The monoisotopic (exact) mass is 354 g/mol. The second-order valence-corrected chi connectivity index (χ2v) is 8.97. The molecule has 138 valence electrons. The second-order valence-electron chi connectivity index (χ2n) is 8.41. The largest absolute Gasteiger partial charge is 0.395 e. The van der Waals surface area contributed by atoms with Gasteiger partial charge in [-0.1, -0.05) is 45.9 Å². The summed E-state index contributed by atoms with van der Waals surface area (Å²) in [5, 5.41) is 12.7. The van der Waals surface area contributed by atoms with Gasteiger partial charge in [0.2, 0.25) is 0 Å². The van der Waals surface area contributed by atoms with E-state index in [2.05, 4.69) is 56.1 Å². The number of aliphatic hydroxyl groups is 1. The van der Waals surface area contributed by atoms with Crippen molar-refractivity contribution in [3.63, 3.8) is 0 Å². The maximum atomic E-state index is 9.09. The Morgan fingerprint density at radius 3 is 2.71 bits per heavy atom. The van der Waals surface area contributed by atoms with Gasteiger partial charge in [-0.05, 0) is 42.2 Å². The Hall–Kier alpha value is -0.350. The van der Waals surface area contributed by atoms with Crippen molar-refractivity contribution >= 4 is 11.6 Å². The van der Waals surface area contributed by atoms with Gasteiger partial charge in [0.05, 0.1) is 12.0 Å². The van der Waals surface area contributed by atoms with E-state index >= 15 is 0 Å². The van der Waals surface area contributed by atoms with Crippen molar-refractivity contribution < 1.29 is 5.11 Å². The van der Waals surface area contributed by atoms with Crippen LogP contribution in [0, 0.1) is 17.3 Å². The van der Waals surface area contributed by atoms with E-state index < -0.39 is 0 Å². The summed E-state index contributed by atoms with van der Waals surface area (Å²) in [7, 11) is 0. The molecule has 1 fully saturated rings. The highest BCUT2D eigenvalue weighted by Crippen LogP contribution is 2.41. The van der Waals surface area contributed by atoms with Crippen molar-refractivity contribution in [2.24, 2.45) is 17.3 Å². The fourth-order valence-electron chi connectivity index (χ4n) is 4.15. The van der Waals surface area contributed by atoms with Crippen molar-refractivity contribution in [1.29, 1.82) is 0 Å². The van der Waals surface area contributed by atoms with Gasteiger partial charge in [0, 0.05) is 25.7 Å². The van der Waals surface area contributed by atoms with Crippen molar-refractivity contribution in [3.05, 3.63) is 23.8 Å². The number of rotatable bonds is 7. The zero-order valence-corrected chi connectivity index (χ0v) is 16.5. The number of hydrogen-bond donors (Lipinski definition) is 2. The average molecular weight is 355 g/mol. The van der Waals surface area contributed by atoms with E-state index in [0.29, 0.717) is 24.4 Å². The molecule has 4 heteroatoms. The summed E-state index contributed by atoms with van der Waals surface area (Å²) in [5.74, 6) is 1.19. The lowest BCUT2D eigenvalue weighted by Gasteiger charge is -2.46. The van der Waals surface area contributed by atoms with Crippen LogP contribution >= 0.6 is 11.6 Å². The lowest BCUT2D eigenvalue weighted by atomic mass is 9.69. The summed E-state index contributed by atoms with van der Waals surface area (Å²) in [6, 6.07) is 0.440. The normalized spacial score (nSPS) is 28.9. The van der Waals surface area contributed by atoms with Gasteiger partial charge in [-0.2, -0.15) is 0 Å². The predicted octanol–water partition coefficient (Wildman–Crippen LogP) is 3.43. The molecule has 1 aliphatic heterocycles. The first-order chi connectivity index (χ1) is 11.3. The number of alkyl halides is 1. The predicted molar refractivity (Wildman–Crippen MR) is 104 cm³/mol. The van der Waals surface area contributed by atoms with Crippen molar-refractivity contribution in [2.45, 2.75) is 52.0 Å². The smallest absolute Gasteiger partial charge is 0.0556 e. The van der Waals surface area contributed by atoms with Gasteiger partial charge in [-0.3, -0.25) is 0 Å². The first-order valence-corrected chi connectivity index (χ1v) is 9.86. The maximum Gasteiger partial charge on any atom is 0.0556 e. The zero-order valence-electron chi connectivity index (χ0n) is 15.8. The molecule has 1 saturated heterocycles. The number of halogens is 1. The molecule has 0 bridgehead atoms. The van der Waals surface area contributed by atoms with Crippen molar-refractivity contribution in [3.8, 4) is 0 Å². The third-order valence-corrected chi connectivity index (χ3v) is 5.89. The molecule has 0 aromatic heterocycles. The minimum absolute atomic E-state index is 0.168. The molecule has 0 saturated carbocycles. The molecule has 3 atom stereocenters. The Balaban J connectivity index is 1.96. The quantitative estimate of drug-likeness (QED) is 0.687. The molecule has 3 nitrogen and oxygen atoms in total. The van der Waals surface area contributed by atoms with Gasteiger partial charge >= 0.3 is 0 Å². The van der Waals surface area contributed by atoms with E-state index in [1.54, 1.807) is 0 Å². The highest BCUT2D eigenvalue weighted by molar-refractivity contribution is 6.22.